The number of benzene rings is 1. The average molecular weight is 316 g/mol. The van der Waals surface area contributed by atoms with Crippen LogP contribution < -0.4 is 10.1 Å². The molecule has 1 atom stereocenters. The van der Waals surface area contributed by atoms with Gasteiger partial charge in [0.2, 0.25) is 0 Å². The monoisotopic (exact) mass is 315 g/mol. The molecule has 0 aliphatic carbocycles. The van der Waals surface area contributed by atoms with Gasteiger partial charge in [0.05, 0.1) is 12.7 Å². The number of halogens is 1. The number of carboxylic acid groups (broad SMARTS) is 1. The summed E-state index contributed by atoms with van der Waals surface area (Å²) >= 11 is 5.85. The van der Waals surface area contributed by atoms with Crippen LogP contribution in [-0.2, 0) is 9.53 Å². The van der Waals surface area contributed by atoms with Crippen LogP contribution in [0.25, 0.3) is 0 Å². The number of rotatable bonds is 8. The highest BCUT2D eigenvalue weighted by Gasteiger charge is 2.22. The third-order valence-electron chi connectivity index (χ3n) is 2.85. The minimum atomic E-state index is -1.10. The fraction of sp³-hybridized carbons (Fsp3) is 0.429. The van der Waals surface area contributed by atoms with E-state index in [1.807, 2.05) is 0 Å². The summed E-state index contributed by atoms with van der Waals surface area (Å²) in [5.74, 6) is -1.31. The number of hydrogen-bond acceptors (Lipinski definition) is 4. The molecule has 1 rings (SSSR count). The lowest BCUT2D eigenvalue weighted by molar-refractivity contribution is -0.139. The first-order valence-electron chi connectivity index (χ1n) is 6.35. The van der Waals surface area contributed by atoms with E-state index in [2.05, 4.69) is 5.32 Å². The molecule has 21 heavy (non-hydrogen) atoms. The van der Waals surface area contributed by atoms with Crippen LogP contribution >= 0.6 is 11.6 Å². The van der Waals surface area contributed by atoms with Crippen molar-refractivity contribution in [3.63, 3.8) is 0 Å². The summed E-state index contributed by atoms with van der Waals surface area (Å²) in [5, 5.41) is 12.0. The molecule has 0 radical (unpaired) electrons. The van der Waals surface area contributed by atoms with E-state index in [0.29, 0.717) is 23.8 Å². The highest BCUT2D eigenvalue weighted by molar-refractivity contribution is 6.31. The number of carboxylic acids is 1. The van der Waals surface area contributed by atoms with Gasteiger partial charge in [-0.25, -0.2) is 4.79 Å². The van der Waals surface area contributed by atoms with Crippen LogP contribution in [0.4, 0.5) is 0 Å². The molecule has 0 saturated carbocycles. The second-order valence-electron chi connectivity index (χ2n) is 4.34. The molecule has 0 saturated heterocycles. The van der Waals surface area contributed by atoms with E-state index < -0.39 is 17.9 Å². The van der Waals surface area contributed by atoms with Gasteiger partial charge >= 0.3 is 5.97 Å². The molecule has 0 aliphatic heterocycles. The molecular formula is C14H18ClNO5. The summed E-state index contributed by atoms with van der Waals surface area (Å²) in [6, 6.07) is 3.59. The summed E-state index contributed by atoms with van der Waals surface area (Å²) in [4.78, 5) is 23.3. The zero-order chi connectivity index (χ0) is 15.8. The molecule has 1 amide bonds. The Hall–Kier alpha value is -1.79. The molecule has 1 aromatic rings. The van der Waals surface area contributed by atoms with E-state index in [1.54, 1.807) is 12.1 Å². The maximum absolute atomic E-state index is 12.2. The molecule has 7 heteroatoms. The van der Waals surface area contributed by atoms with Gasteiger partial charge in [0.1, 0.15) is 11.8 Å². The SMILES string of the molecule is COCCCC(NC(=O)c1cc(Cl)ccc1OC)C(=O)O. The van der Waals surface area contributed by atoms with Gasteiger partial charge in [-0.15, -0.1) is 0 Å². The van der Waals surface area contributed by atoms with Gasteiger partial charge < -0.3 is 19.9 Å². The van der Waals surface area contributed by atoms with Gasteiger partial charge in [-0.05, 0) is 31.0 Å². The Labute approximate surface area is 128 Å². The van der Waals surface area contributed by atoms with Gasteiger partial charge in [-0.3, -0.25) is 4.79 Å². The standard InChI is InChI=1S/C14H18ClNO5/c1-20-7-3-4-11(14(18)19)16-13(17)10-8-9(15)5-6-12(10)21-2/h5-6,8,11H,3-4,7H2,1-2H3,(H,16,17)(H,18,19). The summed E-state index contributed by atoms with van der Waals surface area (Å²) in [7, 11) is 2.96. The van der Waals surface area contributed by atoms with Crippen LogP contribution in [0.5, 0.6) is 5.75 Å². The zero-order valence-corrected chi connectivity index (χ0v) is 12.6. The number of aliphatic carboxylic acids is 1. The van der Waals surface area contributed by atoms with Gasteiger partial charge in [0.15, 0.2) is 0 Å². The topological polar surface area (TPSA) is 84.9 Å². The molecule has 0 fully saturated rings. The predicted molar refractivity (Wildman–Crippen MR) is 78.0 cm³/mol. The first kappa shape index (κ1) is 17.3. The first-order valence-corrected chi connectivity index (χ1v) is 6.73. The number of carbonyl (C=O) groups is 2. The van der Waals surface area contributed by atoms with Crippen LogP contribution in [0.1, 0.15) is 23.2 Å². The van der Waals surface area contributed by atoms with E-state index in [9.17, 15) is 9.59 Å². The van der Waals surface area contributed by atoms with Gasteiger partial charge in [-0.1, -0.05) is 11.6 Å². The van der Waals surface area contributed by atoms with Crippen molar-refractivity contribution < 1.29 is 24.2 Å². The molecule has 0 aromatic heterocycles. The van der Waals surface area contributed by atoms with Crippen molar-refractivity contribution in [2.75, 3.05) is 20.8 Å². The molecule has 6 nitrogen and oxygen atoms in total. The van der Waals surface area contributed by atoms with Crippen LogP contribution in [0.3, 0.4) is 0 Å². The summed E-state index contributed by atoms with van der Waals surface area (Å²) in [6.45, 7) is 0.431. The Kier molecular flexibility index (Phi) is 6.98. The van der Waals surface area contributed by atoms with Crippen LogP contribution in [0.2, 0.25) is 5.02 Å². The number of nitrogens with one attached hydrogen (secondary N) is 1. The van der Waals surface area contributed by atoms with Crippen molar-refractivity contribution >= 4 is 23.5 Å². The zero-order valence-electron chi connectivity index (χ0n) is 11.9. The third-order valence-corrected chi connectivity index (χ3v) is 3.09. The second kappa shape index (κ2) is 8.49. The Morgan fingerprint density at radius 2 is 2.10 bits per heavy atom. The van der Waals surface area contributed by atoms with Gasteiger partial charge in [0.25, 0.3) is 5.91 Å². The Morgan fingerprint density at radius 3 is 2.67 bits per heavy atom. The van der Waals surface area contributed by atoms with Crippen molar-refractivity contribution in [3.8, 4) is 5.75 Å². The summed E-state index contributed by atoms with van der Waals surface area (Å²) < 4.78 is 9.95. The minimum absolute atomic E-state index is 0.197. The van der Waals surface area contributed by atoms with Crippen LogP contribution in [-0.4, -0.2) is 43.9 Å². The van der Waals surface area contributed by atoms with Gasteiger partial charge in [0, 0.05) is 18.7 Å². The number of hydrogen-bond donors (Lipinski definition) is 2. The van der Waals surface area contributed by atoms with E-state index in [-0.39, 0.29) is 12.0 Å². The maximum Gasteiger partial charge on any atom is 0.326 e. The van der Waals surface area contributed by atoms with E-state index in [4.69, 9.17) is 26.2 Å². The van der Waals surface area contributed by atoms with Crippen LogP contribution in [0.15, 0.2) is 18.2 Å². The Balaban J connectivity index is 2.81. The number of carbonyl (C=O) groups excluding carboxylic acids is 1. The molecule has 1 unspecified atom stereocenters. The molecule has 1 aromatic carbocycles. The number of methoxy groups -OCH3 is 2. The summed E-state index contributed by atoms with van der Waals surface area (Å²) in [6.07, 6.45) is 0.804. The van der Waals surface area contributed by atoms with Crippen LogP contribution in [0, 0.1) is 0 Å². The lowest BCUT2D eigenvalue weighted by atomic mass is 10.1. The van der Waals surface area contributed by atoms with E-state index in [0.717, 1.165) is 0 Å². The molecule has 0 spiro atoms. The van der Waals surface area contributed by atoms with E-state index >= 15 is 0 Å². The Morgan fingerprint density at radius 1 is 1.38 bits per heavy atom. The average Bonchev–Trinajstić information content (AvgIpc) is 2.46. The van der Waals surface area contributed by atoms with Crippen molar-refractivity contribution in [1.29, 1.82) is 0 Å². The second-order valence-corrected chi connectivity index (χ2v) is 4.78. The number of ether oxygens (including phenoxy) is 2. The normalized spacial score (nSPS) is 11.8. The molecular weight excluding hydrogens is 298 g/mol. The molecule has 0 bridgehead atoms. The highest BCUT2D eigenvalue weighted by Crippen LogP contribution is 2.22. The van der Waals surface area contributed by atoms with Gasteiger partial charge in [-0.2, -0.15) is 0 Å². The molecule has 0 aliphatic rings. The summed E-state index contributed by atoms with van der Waals surface area (Å²) in [5.41, 5.74) is 0.197. The van der Waals surface area contributed by atoms with Crippen molar-refractivity contribution in [2.24, 2.45) is 0 Å². The predicted octanol–water partition coefficient (Wildman–Crippen LogP) is 1.96. The minimum Gasteiger partial charge on any atom is -0.496 e. The molecule has 0 heterocycles. The van der Waals surface area contributed by atoms with E-state index in [1.165, 1.54) is 20.3 Å². The van der Waals surface area contributed by atoms with Crippen molar-refractivity contribution in [3.05, 3.63) is 28.8 Å². The lowest BCUT2D eigenvalue weighted by Gasteiger charge is -2.15. The fourth-order valence-electron chi connectivity index (χ4n) is 1.78. The van der Waals surface area contributed by atoms with Crippen molar-refractivity contribution in [2.45, 2.75) is 18.9 Å². The Bertz CT molecular complexity index is 506. The fourth-order valence-corrected chi connectivity index (χ4v) is 1.95. The number of amides is 1. The maximum atomic E-state index is 12.2. The first-order chi connectivity index (χ1) is 9.99. The lowest BCUT2D eigenvalue weighted by Crippen LogP contribution is -2.41. The molecule has 2 N–H and O–H groups in total. The third kappa shape index (κ3) is 5.24. The molecule has 116 valence electrons. The highest BCUT2D eigenvalue weighted by atomic mass is 35.5. The quantitative estimate of drug-likeness (QED) is 0.716. The van der Waals surface area contributed by atoms with Crippen molar-refractivity contribution in [1.82, 2.24) is 5.32 Å². The smallest absolute Gasteiger partial charge is 0.326 e. The largest absolute Gasteiger partial charge is 0.496 e.